The Bertz CT molecular complexity index is 952. The first-order chi connectivity index (χ1) is 11.7. The number of nitrogens with one attached hydrogen (secondary N) is 2. The van der Waals surface area contributed by atoms with E-state index in [1.807, 2.05) is 28.4 Å². The minimum absolute atomic E-state index is 0.543. The molecule has 0 atom stereocenters. The van der Waals surface area contributed by atoms with Crippen molar-refractivity contribution in [2.75, 3.05) is 5.32 Å². The van der Waals surface area contributed by atoms with Gasteiger partial charge in [-0.2, -0.15) is 10.2 Å². The van der Waals surface area contributed by atoms with Gasteiger partial charge in [-0.25, -0.2) is 9.97 Å². The number of fused-ring (bicyclic) bond motifs is 1. The van der Waals surface area contributed by atoms with Gasteiger partial charge < -0.3 is 5.32 Å². The van der Waals surface area contributed by atoms with E-state index in [1.165, 1.54) is 0 Å². The van der Waals surface area contributed by atoms with Crippen molar-refractivity contribution in [1.82, 2.24) is 29.9 Å². The molecule has 8 heteroatoms. The molecule has 0 unspecified atom stereocenters. The molecule has 4 heterocycles. The van der Waals surface area contributed by atoms with Crippen molar-refractivity contribution in [3.8, 4) is 10.7 Å². The predicted octanol–water partition coefficient (Wildman–Crippen LogP) is 3.68. The van der Waals surface area contributed by atoms with Gasteiger partial charge in [0, 0.05) is 12.7 Å². The van der Waals surface area contributed by atoms with Crippen LogP contribution in [0.4, 0.5) is 11.5 Å². The van der Waals surface area contributed by atoms with Crippen LogP contribution in [-0.4, -0.2) is 29.9 Å². The van der Waals surface area contributed by atoms with Crippen LogP contribution >= 0.6 is 11.3 Å². The average molecular weight is 339 g/mol. The summed E-state index contributed by atoms with van der Waals surface area (Å²) in [5, 5.41) is 16.8. The van der Waals surface area contributed by atoms with Crippen LogP contribution in [0.5, 0.6) is 0 Å². The summed E-state index contributed by atoms with van der Waals surface area (Å²) in [5.41, 5.74) is 2.46. The Balaban J connectivity index is 1.70. The van der Waals surface area contributed by atoms with Crippen molar-refractivity contribution < 1.29 is 0 Å². The molecule has 0 spiro atoms. The number of rotatable bonds is 5. The molecule has 0 radical (unpaired) electrons. The summed E-state index contributed by atoms with van der Waals surface area (Å²) in [6.45, 7) is 5.21. The lowest BCUT2D eigenvalue weighted by molar-refractivity contribution is 0.483. The SMILES string of the molecule is CC(C)Cn1cc(Nc2nc(-c3cccs3)nc3cn[nH]c23)cn1. The van der Waals surface area contributed by atoms with Gasteiger partial charge in [-0.05, 0) is 17.4 Å². The zero-order valence-corrected chi connectivity index (χ0v) is 14.2. The zero-order chi connectivity index (χ0) is 16.5. The van der Waals surface area contributed by atoms with Crippen LogP contribution in [0.15, 0.2) is 36.1 Å². The maximum atomic E-state index is 4.66. The number of aromatic nitrogens is 6. The fourth-order valence-corrected chi connectivity index (χ4v) is 3.14. The summed E-state index contributed by atoms with van der Waals surface area (Å²) in [7, 11) is 0. The second-order valence-electron chi connectivity index (χ2n) is 5.97. The molecule has 122 valence electrons. The Hall–Kier alpha value is -2.74. The van der Waals surface area contributed by atoms with Gasteiger partial charge >= 0.3 is 0 Å². The number of nitrogens with zero attached hydrogens (tertiary/aromatic N) is 5. The van der Waals surface area contributed by atoms with Crippen molar-refractivity contribution in [2.45, 2.75) is 20.4 Å². The second-order valence-corrected chi connectivity index (χ2v) is 6.92. The topological polar surface area (TPSA) is 84.3 Å². The molecular formula is C16H17N7S. The molecule has 0 saturated carbocycles. The molecule has 0 fully saturated rings. The van der Waals surface area contributed by atoms with E-state index >= 15 is 0 Å². The maximum absolute atomic E-state index is 4.66. The van der Waals surface area contributed by atoms with Gasteiger partial charge in [-0.3, -0.25) is 9.78 Å². The second kappa shape index (κ2) is 6.04. The fraction of sp³-hybridized carbons (Fsp3) is 0.250. The van der Waals surface area contributed by atoms with E-state index in [-0.39, 0.29) is 0 Å². The summed E-state index contributed by atoms with van der Waals surface area (Å²) in [4.78, 5) is 10.3. The van der Waals surface area contributed by atoms with Crippen molar-refractivity contribution in [2.24, 2.45) is 5.92 Å². The van der Waals surface area contributed by atoms with Crippen molar-refractivity contribution in [1.29, 1.82) is 0 Å². The van der Waals surface area contributed by atoms with E-state index in [9.17, 15) is 0 Å². The monoisotopic (exact) mass is 339 g/mol. The van der Waals surface area contributed by atoms with Gasteiger partial charge in [0.1, 0.15) is 11.0 Å². The van der Waals surface area contributed by atoms with Crippen LogP contribution in [0, 0.1) is 5.92 Å². The first kappa shape index (κ1) is 14.8. The highest BCUT2D eigenvalue weighted by atomic mass is 32.1. The normalized spacial score (nSPS) is 11.5. The lowest BCUT2D eigenvalue weighted by Crippen LogP contribution is -2.04. The fourth-order valence-electron chi connectivity index (χ4n) is 2.48. The number of H-pyrrole nitrogens is 1. The summed E-state index contributed by atoms with van der Waals surface area (Å²) in [5.74, 6) is 1.93. The number of thiophene rings is 1. The third-order valence-corrected chi connectivity index (χ3v) is 4.36. The molecule has 4 aromatic heterocycles. The average Bonchev–Trinajstić information content (AvgIpc) is 3.27. The maximum Gasteiger partial charge on any atom is 0.172 e. The van der Waals surface area contributed by atoms with Gasteiger partial charge in [0.15, 0.2) is 11.6 Å². The van der Waals surface area contributed by atoms with Crippen LogP contribution in [0.3, 0.4) is 0 Å². The molecule has 7 nitrogen and oxygen atoms in total. The molecule has 0 amide bonds. The molecular weight excluding hydrogens is 322 g/mol. The molecule has 0 saturated heterocycles. The molecule has 24 heavy (non-hydrogen) atoms. The van der Waals surface area contributed by atoms with E-state index in [2.05, 4.69) is 44.4 Å². The molecule has 0 aliphatic carbocycles. The standard InChI is InChI=1S/C16H17N7S/c1-10(2)8-23-9-11(6-18-23)19-16-14-12(7-17-22-14)20-15(21-16)13-4-3-5-24-13/h3-7,9-10H,8H2,1-2H3,(H,17,22)(H,19,20,21). The summed E-state index contributed by atoms with van der Waals surface area (Å²) in [6, 6.07) is 4.00. The van der Waals surface area contributed by atoms with E-state index in [0.717, 1.165) is 28.1 Å². The first-order valence-corrected chi connectivity index (χ1v) is 8.61. The van der Waals surface area contributed by atoms with Crippen LogP contribution < -0.4 is 5.32 Å². The van der Waals surface area contributed by atoms with Crippen LogP contribution in [0.1, 0.15) is 13.8 Å². The highest BCUT2D eigenvalue weighted by Gasteiger charge is 2.12. The van der Waals surface area contributed by atoms with Crippen LogP contribution in [-0.2, 0) is 6.54 Å². The van der Waals surface area contributed by atoms with Crippen LogP contribution in [0.2, 0.25) is 0 Å². The molecule has 4 rings (SSSR count). The molecule has 0 aliphatic rings. The van der Waals surface area contributed by atoms with Crippen molar-refractivity contribution in [3.05, 3.63) is 36.1 Å². The van der Waals surface area contributed by atoms with E-state index in [4.69, 9.17) is 0 Å². The number of hydrogen-bond acceptors (Lipinski definition) is 6. The van der Waals surface area contributed by atoms with Gasteiger partial charge in [0.2, 0.25) is 0 Å². The summed E-state index contributed by atoms with van der Waals surface area (Å²) in [6.07, 6.45) is 5.49. The largest absolute Gasteiger partial charge is 0.336 e. The summed E-state index contributed by atoms with van der Waals surface area (Å²) < 4.78 is 1.93. The molecule has 0 aromatic carbocycles. The predicted molar refractivity (Wildman–Crippen MR) is 95.3 cm³/mol. The number of anilines is 2. The van der Waals surface area contributed by atoms with Crippen molar-refractivity contribution in [3.63, 3.8) is 0 Å². The first-order valence-electron chi connectivity index (χ1n) is 7.73. The van der Waals surface area contributed by atoms with Gasteiger partial charge in [-0.1, -0.05) is 19.9 Å². The highest BCUT2D eigenvalue weighted by Crippen LogP contribution is 2.27. The molecule has 0 bridgehead atoms. The number of aromatic amines is 1. The van der Waals surface area contributed by atoms with Gasteiger partial charge in [0.25, 0.3) is 0 Å². The van der Waals surface area contributed by atoms with Crippen LogP contribution in [0.25, 0.3) is 21.7 Å². The molecule has 4 aromatic rings. The third kappa shape index (κ3) is 2.88. The third-order valence-electron chi connectivity index (χ3n) is 3.49. The van der Waals surface area contributed by atoms with Gasteiger partial charge in [-0.15, -0.1) is 11.3 Å². The Kier molecular flexibility index (Phi) is 3.73. The smallest absolute Gasteiger partial charge is 0.172 e. The Morgan fingerprint density at radius 2 is 2.21 bits per heavy atom. The lowest BCUT2D eigenvalue weighted by atomic mass is 10.2. The zero-order valence-electron chi connectivity index (χ0n) is 13.4. The Morgan fingerprint density at radius 1 is 1.29 bits per heavy atom. The lowest BCUT2D eigenvalue weighted by Gasteiger charge is -2.06. The molecule has 0 aliphatic heterocycles. The Morgan fingerprint density at radius 3 is 3.00 bits per heavy atom. The summed E-state index contributed by atoms with van der Waals surface area (Å²) >= 11 is 1.61. The number of hydrogen-bond donors (Lipinski definition) is 2. The van der Waals surface area contributed by atoms with Crippen molar-refractivity contribution >= 4 is 33.9 Å². The highest BCUT2D eigenvalue weighted by molar-refractivity contribution is 7.13. The van der Waals surface area contributed by atoms with E-state index < -0.39 is 0 Å². The van der Waals surface area contributed by atoms with E-state index in [1.54, 1.807) is 23.7 Å². The quantitative estimate of drug-likeness (QED) is 0.579. The minimum atomic E-state index is 0.543. The van der Waals surface area contributed by atoms with Gasteiger partial charge in [0.05, 0.1) is 23.0 Å². The minimum Gasteiger partial charge on any atom is -0.336 e. The Labute approximate surface area is 142 Å². The molecule has 2 N–H and O–H groups in total. The van der Waals surface area contributed by atoms with E-state index in [0.29, 0.717) is 17.6 Å².